The van der Waals surface area contributed by atoms with Gasteiger partial charge in [0.15, 0.2) is 0 Å². The lowest BCUT2D eigenvalue weighted by molar-refractivity contribution is -0.143. The summed E-state index contributed by atoms with van der Waals surface area (Å²) in [6, 6.07) is 0. The molecule has 1 rings (SSSR count). The molecule has 0 amide bonds. The van der Waals surface area contributed by atoms with Crippen molar-refractivity contribution in [2.45, 2.75) is 39.5 Å². The summed E-state index contributed by atoms with van der Waals surface area (Å²) >= 11 is 0. The van der Waals surface area contributed by atoms with Crippen LogP contribution in [0, 0.1) is 17.8 Å². The number of allylic oxidation sites excluding steroid dienone is 2. The second kappa shape index (κ2) is 5.83. The summed E-state index contributed by atoms with van der Waals surface area (Å²) in [6.07, 6.45) is 6.99. The molecule has 1 fully saturated rings. The van der Waals surface area contributed by atoms with Crippen LogP contribution in [-0.2, 0) is 9.59 Å². The Bertz CT molecular complexity index is 294. The molecule has 0 aromatic heterocycles. The Balaban J connectivity index is 2.66. The van der Waals surface area contributed by atoms with Crippen molar-refractivity contribution in [3.05, 3.63) is 12.2 Å². The highest BCUT2D eigenvalue weighted by Crippen LogP contribution is 2.36. The van der Waals surface area contributed by atoms with Crippen molar-refractivity contribution in [3.63, 3.8) is 0 Å². The van der Waals surface area contributed by atoms with Crippen molar-refractivity contribution >= 4 is 11.8 Å². The maximum Gasteiger partial charge on any atom is 0.306 e. The van der Waals surface area contributed by atoms with E-state index in [1.54, 1.807) is 6.92 Å². The number of carboxylic acid groups (broad SMARTS) is 1. The van der Waals surface area contributed by atoms with E-state index in [4.69, 9.17) is 5.11 Å². The predicted octanol–water partition coefficient (Wildman–Crippen LogP) is 2.66. The van der Waals surface area contributed by atoms with Crippen molar-refractivity contribution in [2.75, 3.05) is 0 Å². The van der Waals surface area contributed by atoms with Gasteiger partial charge in [0.25, 0.3) is 0 Å². The van der Waals surface area contributed by atoms with E-state index >= 15 is 0 Å². The van der Waals surface area contributed by atoms with E-state index in [-0.39, 0.29) is 17.6 Å². The number of ketones is 1. The Hall–Kier alpha value is -1.12. The molecule has 0 bridgehead atoms. The van der Waals surface area contributed by atoms with Crippen LogP contribution in [0.15, 0.2) is 12.2 Å². The lowest BCUT2D eigenvalue weighted by Crippen LogP contribution is -2.25. The summed E-state index contributed by atoms with van der Waals surface area (Å²) in [7, 11) is 0. The molecule has 0 aromatic carbocycles. The molecule has 90 valence electrons. The molecule has 0 aliphatic heterocycles. The Labute approximate surface area is 96.5 Å². The average molecular weight is 224 g/mol. The molecule has 1 aliphatic carbocycles. The van der Waals surface area contributed by atoms with Crippen LogP contribution in [-0.4, -0.2) is 16.9 Å². The fraction of sp³-hybridized carbons (Fsp3) is 0.692. The Morgan fingerprint density at radius 1 is 1.56 bits per heavy atom. The molecule has 1 aliphatic rings. The minimum absolute atomic E-state index is 0.0199. The largest absolute Gasteiger partial charge is 0.481 e. The summed E-state index contributed by atoms with van der Waals surface area (Å²) in [5, 5.41) is 8.99. The number of hydrogen-bond acceptors (Lipinski definition) is 2. The van der Waals surface area contributed by atoms with Crippen LogP contribution in [0.25, 0.3) is 0 Å². The molecule has 1 N–H and O–H groups in total. The maximum atomic E-state index is 11.7. The fourth-order valence-corrected chi connectivity index (χ4v) is 2.43. The third-order valence-electron chi connectivity index (χ3n) is 3.48. The number of Topliss-reactive ketones (excluding diaryl/α,β-unsaturated/α-hetero) is 1. The number of hydrogen-bond donors (Lipinski definition) is 1. The number of carbonyl (C=O) groups excluding carboxylic acids is 1. The predicted molar refractivity (Wildman–Crippen MR) is 62.1 cm³/mol. The van der Waals surface area contributed by atoms with Gasteiger partial charge in [-0.3, -0.25) is 9.59 Å². The Morgan fingerprint density at radius 3 is 2.81 bits per heavy atom. The SMILES string of the molecule is CC/C=C\C[C@@H]1C(=O)CCC1C(C)C(=O)O. The molecule has 16 heavy (non-hydrogen) atoms. The molecule has 0 aromatic rings. The van der Waals surface area contributed by atoms with Crippen LogP contribution in [0.4, 0.5) is 0 Å². The molecular formula is C13H20O3. The highest BCUT2D eigenvalue weighted by molar-refractivity contribution is 5.84. The van der Waals surface area contributed by atoms with E-state index in [0.29, 0.717) is 12.8 Å². The van der Waals surface area contributed by atoms with Gasteiger partial charge in [0.05, 0.1) is 5.92 Å². The minimum Gasteiger partial charge on any atom is -0.481 e. The van der Waals surface area contributed by atoms with E-state index in [1.165, 1.54) is 0 Å². The molecule has 3 heteroatoms. The highest BCUT2D eigenvalue weighted by Gasteiger charge is 2.39. The zero-order chi connectivity index (χ0) is 12.1. The summed E-state index contributed by atoms with van der Waals surface area (Å²) < 4.78 is 0. The number of aliphatic carboxylic acids is 1. The standard InChI is InChI=1S/C13H20O3/c1-3-4-5-6-11-10(7-8-12(11)14)9(2)13(15)16/h4-5,9-11H,3,6-8H2,1-2H3,(H,15,16)/b5-4-/t9?,10?,11-/m0/s1. The van der Waals surface area contributed by atoms with Gasteiger partial charge in [-0.25, -0.2) is 0 Å². The van der Waals surface area contributed by atoms with Crippen LogP contribution in [0.1, 0.15) is 39.5 Å². The normalized spacial score (nSPS) is 27.5. The molecule has 0 spiro atoms. The number of carboxylic acids is 1. The molecule has 3 atom stereocenters. The van der Waals surface area contributed by atoms with E-state index in [9.17, 15) is 9.59 Å². The van der Waals surface area contributed by atoms with Gasteiger partial charge < -0.3 is 5.11 Å². The van der Waals surface area contributed by atoms with Gasteiger partial charge in [0, 0.05) is 12.3 Å². The quantitative estimate of drug-likeness (QED) is 0.730. The van der Waals surface area contributed by atoms with Crippen LogP contribution >= 0.6 is 0 Å². The summed E-state index contributed by atoms with van der Waals surface area (Å²) in [4.78, 5) is 22.6. The third kappa shape index (κ3) is 2.94. The van der Waals surface area contributed by atoms with E-state index in [2.05, 4.69) is 0 Å². The zero-order valence-electron chi connectivity index (χ0n) is 9.98. The zero-order valence-corrected chi connectivity index (χ0v) is 9.98. The van der Waals surface area contributed by atoms with Crippen LogP contribution in [0.5, 0.6) is 0 Å². The first-order chi connectivity index (χ1) is 7.57. The van der Waals surface area contributed by atoms with Crippen LogP contribution in [0.3, 0.4) is 0 Å². The van der Waals surface area contributed by atoms with Gasteiger partial charge in [0.2, 0.25) is 0 Å². The molecule has 0 heterocycles. The van der Waals surface area contributed by atoms with Crippen molar-refractivity contribution in [1.29, 1.82) is 0 Å². The monoisotopic (exact) mass is 224 g/mol. The van der Waals surface area contributed by atoms with Crippen molar-refractivity contribution in [3.8, 4) is 0 Å². The van der Waals surface area contributed by atoms with E-state index in [0.717, 1.165) is 12.8 Å². The third-order valence-corrected chi connectivity index (χ3v) is 3.48. The van der Waals surface area contributed by atoms with Crippen molar-refractivity contribution in [2.24, 2.45) is 17.8 Å². The maximum absolute atomic E-state index is 11.7. The lowest BCUT2D eigenvalue weighted by Gasteiger charge is -2.20. The average Bonchev–Trinajstić information content (AvgIpc) is 2.60. The smallest absolute Gasteiger partial charge is 0.306 e. The van der Waals surface area contributed by atoms with Gasteiger partial charge >= 0.3 is 5.97 Å². The molecule has 1 saturated carbocycles. The number of rotatable bonds is 5. The van der Waals surface area contributed by atoms with E-state index in [1.807, 2.05) is 19.1 Å². The first-order valence-electron chi connectivity index (χ1n) is 5.98. The highest BCUT2D eigenvalue weighted by atomic mass is 16.4. The number of carbonyl (C=O) groups is 2. The van der Waals surface area contributed by atoms with Gasteiger partial charge in [-0.15, -0.1) is 0 Å². The minimum atomic E-state index is -0.788. The second-order valence-corrected chi connectivity index (χ2v) is 4.52. The van der Waals surface area contributed by atoms with Crippen LogP contribution in [0.2, 0.25) is 0 Å². The van der Waals surface area contributed by atoms with E-state index < -0.39 is 11.9 Å². The first-order valence-corrected chi connectivity index (χ1v) is 5.98. The molecule has 0 saturated heterocycles. The Morgan fingerprint density at radius 2 is 2.25 bits per heavy atom. The molecular weight excluding hydrogens is 204 g/mol. The summed E-state index contributed by atoms with van der Waals surface area (Å²) in [5.41, 5.74) is 0. The van der Waals surface area contributed by atoms with Gasteiger partial charge in [-0.2, -0.15) is 0 Å². The first kappa shape index (κ1) is 12.9. The van der Waals surface area contributed by atoms with Crippen molar-refractivity contribution < 1.29 is 14.7 Å². The summed E-state index contributed by atoms with van der Waals surface area (Å²) in [6.45, 7) is 3.76. The van der Waals surface area contributed by atoms with Gasteiger partial charge in [-0.1, -0.05) is 26.0 Å². The molecule has 2 unspecified atom stereocenters. The molecule has 3 nitrogen and oxygen atoms in total. The topological polar surface area (TPSA) is 54.4 Å². The second-order valence-electron chi connectivity index (χ2n) is 4.52. The summed E-state index contributed by atoms with van der Waals surface area (Å²) in [5.74, 6) is -1.02. The molecule has 0 radical (unpaired) electrons. The van der Waals surface area contributed by atoms with Crippen molar-refractivity contribution in [1.82, 2.24) is 0 Å². The van der Waals surface area contributed by atoms with Gasteiger partial charge in [0.1, 0.15) is 5.78 Å². The lowest BCUT2D eigenvalue weighted by atomic mass is 9.83. The van der Waals surface area contributed by atoms with Crippen LogP contribution < -0.4 is 0 Å². The Kier molecular flexibility index (Phi) is 4.71. The van der Waals surface area contributed by atoms with Gasteiger partial charge in [-0.05, 0) is 25.2 Å². The fourth-order valence-electron chi connectivity index (χ4n) is 2.43.